The monoisotopic (exact) mass is 168 g/mol. The molecule has 4 N–H and O–H groups in total. The zero-order chi connectivity index (χ0) is 9.14. The van der Waals surface area contributed by atoms with Gasteiger partial charge in [0.15, 0.2) is 0 Å². The molecule has 0 aliphatic carbocycles. The number of carbonyl (C=O) groups excluding carboxylic acids is 2. The fourth-order valence-corrected chi connectivity index (χ4v) is 0.716. The van der Waals surface area contributed by atoms with Gasteiger partial charge in [-0.2, -0.15) is 0 Å². The molecular formula is C6H8N4O2. The van der Waals surface area contributed by atoms with Crippen LogP contribution in [-0.2, 0) is 4.79 Å². The van der Waals surface area contributed by atoms with Crippen LogP contribution < -0.4 is 11.5 Å². The first kappa shape index (κ1) is 8.25. The molecule has 0 aromatic rings. The molecule has 1 aliphatic rings. The van der Waals surface area contributed by atoms with E-state index in [2.05, 4.69) is 4.99 Å². The molecule has 0 fully saturated rings. The summed E-state index contributed by atoms with van der Waals surface area (Å²) in [5.41, 5.74) is 10.0. The molecule has 1 aliphatic heterocycles. The molecule has 1 rings (SSSR count). The lowest BCUT2D eigenvalue weighted by atomic mass is 10.3. The summed E-state index contributed by atoms with van der Waals surface area (Å²) in [4.78, 5) is 25.9. The molecule has 12 heavy (non-hydrogen) atoms. The highest BCUT2D eigenvalue weighted by atomic mass is 16.2. The Hall–Kier alpha value is -1.85. The summed E-state index contributed by atoms with van der Waals surface area (Å²) < 4.78 is 0. The molecule has 3 amide bonds. The van der Waals surface area contributed by atoms with Gasteiger partial charge in [-0.1, -0.05) is 0 Å². The zero-order valence-corrected chi connectivity index (χ0v) is 6.23. The third kappa shape index (κ3) is 1.60. The Labute approximate surface area is 68.5 Å². The third-order valence-corrected chi connectivity index (χ3v) is 1.34. The summed E-state index contributed by atoms with van der Waals surface area (Å²) in [5.74, 6) is -0.615. The first-order valence-corrected chi connectivity index (χ1v) is 3.20. The molecule has 64 valence electrons. The van der Waals surface area contributed by atoms with E-state index in [1.165, 1.54) is 12.3 Å². The second-order valence-electron chi connectivity index (χ2n) is 2.17. The predicted molar refractivity (Wildman–Crippen MR) is 42.1 cm³/mol. The molecule has 0 saturated carbocycles. The van der Waals surface area contributed by atoms with Gasteiger partial charge in [0.25, 0.3) is 5.91 Å². The smallest absolute Gasteiger partial charge is 0.320 e. The van der Waals surface area contributed by atoms with Crippen LogP contribution in [-0.4, -0.2) is 29.2 Å². The highest BCUT2D eigenvalue weighted by Gasteiger charge is 2.12. The van der Waals surface area contributed by atoms with Crippen molar-refractivity contribution in [2.75, 3.05) is 6.67 Å². The largest absolute Gasteiger partial charge is 0.364 e. The van der Waals surface area contributed by atoms with E-state index in [9.17, 15) is 9.59 Å². The number of amides is 3. The topological polar surface area (TPSA) is 102 Å². The molecule has 6 heteroatoms. The van der Waals surface area contributed by atoms with Gasteiger partial charge in [0, 0.05) is 6.20 Å². The maximum Gasteiger partial charge on any atom is 0.320 e. The lowest BCUT2D eigenvalue weighted by Gasteiger charge is -2.16. The quantitative estimate of drug-likeness (QED) is 0.512. The summed E-state index contributed by atoms with van der Waals surface area (Å²) in [6.45, 7) is 0.0457. The van der Waals surface area contributed by atoms with Crippen molar-refractivity contribution in [3.05, 3.63) is 12.3 Å². The van der Waals surface area contributed by atoms with Crippen molar-refractivity contribution >= 4 is 17.6 Å². The lowest BCUT2D eigenvalue weighted by molar-refractivity contribution is -0.111. The van der Waals surface area contributed by atoms with Crippen molar-refractivity contribution in [3.8, 4) is 0 Å². The summed E-state index contributed by atoms with van der Waals surface area (Å²) >= 11 is 0. The first-order valence-electron chi connectivity index (χ1n) is 3.20. The summed E-state index contributed by atoms with van der Waals surface area (Å²) in [5, 5.41) is 0. The number of hydrogen-bond donors (Lipinski definition) is 2. The summed E-state index contributed by atoms with van der Waals surface area (Å²) in [7, 11) is 0. The van der Waals surface area contributed by atoms with Gasteiger partial charge in [-0.15, -0.1) is 0 Å². The molecular weight excluding hydrogens is 160 g/mol. The maximum atomic E-state index is 10.5. The summed E-state index contributed by atoms with van der Waals surface area (Å²) in [6, 6.07) is -0.612. The minimum absolute atomic E-state index is 0.0457. The number of primary amides is 2. The molecule has 0 spiro atoms. The van der Waals surface area contributed by atoms with Crippen molar-refractivity contribution in [2.45, 2.75) is 0 Å². The fraction of sp³-hybridized carbons (Fsp3) is 0.167. The highest BCUT2D eigenvalue weighted by molar-refractivity contribution is 6.43. The predicted octanol–water partition coefficient (Wildman–Crippen LogP) is -1.22. The van der Waals surface area contributed by atoms with Gasteiger partial charge < -0.3 is 11.5 Å². The normalized spacial score (nSPS) is 15.7. The van der Waals surface area contributed by atoms with Crippen molar-refractivity contribution < 1.29 is 9.59 Å². The Morgan fingerprint density at radius 3 is 2.50 bits per heavy atom. The molecule has 0 aromatic carbocycles. The van der Waals surface area contributed by atoms with Gasteiger partial charge in [-0.25, -0.2) is 4.79 Å². The van der Waals surface area contributed by atoms with E-state index in [0.717, 1.165) is 4.90 Å². The Morgan fingerprint density at radius 2 is 2.17 bits per heavy atom. The Bertz CT molecular complexity index is 281. The third-order valence-electron chi connectivity index (χ3n) is 1.34. The van der Waals surface area contributed by atoms with Gasteiger partial charge in [0.05, 0.1) is 0 Å². The van der Waals surface area contributed by atoms with Crippen molar-refractivity contribution in [2.24, 2.45) is 16.5 Å². The molecule has 0 radical (unpaired) electrons. The Morgan fingerprint density at radius 1 is 1.50 bits per heavy atom. The molecule has 0 bridgehead atoms. The average molecular weight is 168 g/mol. The van der Waals surface area contributed by atoms with E-state index in [0.29, 0.717) is 0 Å². The van der Waals surface area contributed by atoms with E-state index in [1.54, 1.807) is 0 Å². The van der Waals surface area contributed by atoms with Gasteiger partial charge in [-0.05, 0) is 6.08 Å². The van der Waals surface area contributed by atoms with E-state index >= 15 is 0 Å². The van der Waals surface area contributed by atoms with Crippen LogP contribution in [0.1, 0.15) is 0 Å². The fourth-order valence-electron chi connectivity index (χ4n) is 0.716. The van der Waals surface area contributed by atoms with Crippen LogP contribution in [0.15, 0.2) is 17.3 Å². The van der Waals surface area contributed by atoms with Crippen LogP contribution in [0.25, 0.3) is 0 Å². The maximum absolute atomic E-state index is 10.5. The van der Waals surface area contributed by atoms with Gasteiger partial charge >= 0.3 is 6.03 Å². The Balaban J connectivity index is 2.68. The average Bonchev–Trinajstić information content (AvgIpc) is 2.04. The number of carbonyl (C=O) groups is 2. The number of rotatable bonds is 1. The first-order chi connectivity index (χ1) is 5.61. The lowest BCUT2D eigenvalue weighted by Crippen LogP contribution is -2.35. The van der Waals surface area contributed by atoms with Crippen molar-refractivity contribution in [1.82, 2.24) is 4.90 Å². The molecule has 0 aromatic heterocycles. The van der Waals surface area contributed by atoms with E-state index in [-0.39, 0.29) is 12.4 Å². The molecule has 0 unspecified atom stereocenters. The van der Waals surface area contributed by atoms with Crippen LogP contribution in [0.5, 0.6) is 0 Å². The number of aliphatic imine (C=N–C) groups is 1. The minimum atomic E-state index is -0.615. The van der Waals surface area contributed by atoms with Crippen LogP contribution >= 0.6 is 0 Å². The van der Waals surface area contributed by atoms with Gasteiger partial charge in [0.2, 0.25) is 0 Å². The van der Waals surface area contributed by atoms with Gasteiger partial charge in [-0.3, -0.25) is 14.7 Å². The van der Waals surface area contributed by atoms with Crippen molar-refractivity contribution in [1.29, 1.82) is 0 Å². The standard InChI is InChI=1S/C6H8N4O2/c7-5(11)4-1-2-10(3-9-4)6(8)12/h1-2H,3H2,(H2,7,11)(H2,8,12). The Kier molecular flexibility index (Phi) is 2.09. The number of hydrogen-bond acceptors (Lipinski definition) is 3. The SMILES string of the molecule is NC(=O)C1=NCN(C(N)=O)C=C1. The zero-order valence-electron chi connectivity index (χ0n) is 6.23. The number of nitrogens with two attached hydrogens (primary N) is 2. The van der Waals surface area contributed by atoms with E-state index in [1.807, 2.05) is 0 Å². The molecule has 6 nitrogen and oxygen atoms in total. The number of nitrogens with zero attached hydrogens (tertiary/aromatic N) is 2. The van der Waals surface area contributed by atoms with Crippen LogP contribution in [0.4, 0.5) is 4.79 Å². The minimum Gasteiger partial charge on any atom is -0.364 e. The highest BCUT2D eigenvalue weighted by Crippen LogP contribution is 1.98. The van der Waals surface area contributed by atoms with E-state index < -0.39 is 11.9 Å². The van der Waals surface area contributed by atoms with Gasteiger partial charge in [0.1, 0.15) is 12.4 Å². The van der Waals surface area contributed by atoms with E-state index in [4.69, 9.17) is 11.5 Å². The summed E-state index contributed by atoms with van der Waals surface area (Å²) in [6.07, 6.45) is 2.71. The van der Waals surface area contributed by atoms with Crippen LogP contribution in [0.3, 0.4) is 0 Å². The van der Waals surface area contributed by atoms with Crippen molar-refractivity contribution in [3.63, 3.8) is 0 Å². The molecule has 1 heterocycles. The second kappa shape index (κ2) is 3.04. The number of urea groups is 1. The van der Waals surface area contributed by atoms with Crippen LogP contribution in [0, 0.1) is 0 Å². The van der Waals surface area contributed by atoms with Crippen LogP contribution in [0.2, 0.25) is 0 Å². The second-order valence-corrected chi connectivity index (χ2v) is 2.17. The molecule has 0 saturated heterocycles. The molecule has 0 atom stereocenters.